The first kappa shape index (κ1) is 12.3. The standard InChI is InChI=1S/C8H8BF3O3/c9-7-8(12,2-1-5(10)11)6(14)4(3-13)15-7/h2,4,6-7,13-14H,3H2/t4-,6+,7-,8?/m1/s1. The summed E-state index contributed by atoms with van der Waals surface area (Å²) in [7, 11) is 5.16. The molecule has 1 rings (SSSR count). The first-order valence-corrected chi connectivity index (χ1v) is 4.09. The minimum absolute atomic E-state index is 0.313. The van der Waals surface area contributed by atoms with Crippen molar-refractivity contribution in [2.75, 3.05) is 6.61 Å². The van der Waals surface area contributed by atoms with Crippen molar-refractivity contribution in [3.8, 4) is 0 Å². The molecule has 1 saturated heterocycles. The Balaban J connectivity index is 2.97. The van der Waals surface area contributed by atoms with E-state index in [4.69, 9.17) is 13.0 Å². The molecule has 1 aliphatic heterocycles. The number of hydrogen-bond donors (Lipinski definition) is 2. The van der Waals surface area contributed by atoms with Crippen molar-refractivity contribution in [1.82, 2.24) is 0 Å². The van der Waals surface area contributed by atoms with Crippen LogP contribution < -0.4 is 0 Å². The lowest BCUT2D eigenvalue weighted by Gasteiger charge is -2.21. The Morgan fingerprint density at radius 3 is 2.60 bits per heavy atom. The van der Waals surface area contributed by atoms with Gasteiger partial charge >= 0.3 is 6.08 Å². The molecule has 0 spiro atoms. The van der Waals surface area contributed by atoms with Crippen LogP contribution in [0.15, 0.2) is 17.9 Å². The summed E-state index contributed by atoms with van der Waals surface area (Å²) >= 11 is 0. The predicted molar refractivity (Wildman–Crippen MR) is 45.2 cm³/mol. The topological polar surface area (TPSA) is 49.7 Å². The van der Waals surface area contributed by atoms with Crippen molar-refractivity contribution in [3.63, 3.8) is 0 Å². The third-order valence-corrected chi connectivity index (χ3v) is 2.15. The van der Waals surface area contributed by atoms with Gasteiger partial charge in [0, 0.05) is 6.08 Å². The molecule has 0 amide bonds. The highest BCUT2D eigenvalue weighted by molar-refractivity contribution is 6.12. The van der Waals surface area contributed by atoms with Crippen molar-refractivity contribution in [2.45, 2.75) is 23.9 Å². The lowest BCUT2D eigenvalue weighted by molar-refractivity contribution is -0.00856. The number of rotatable bonds is 2. The maximum Gasteiger partial charge on any atom is 0.312 e. The van der Waals surface area contributed by atoms with Gasteiger partial charge in [-0.1, -0.05) is 5.73 Å². The average molecular weight is 220 g/mol. The molecule has 1 aliphatic rings. The summed E-state index contributed by atoms with van der Waals surface area (Å²) in [6, 6.07) is -1.61. The molecule has 1 unspecified atom stereocenters. The zero-order valence-electron chi connectivity index (χ0n) is 7.53. The Labute approximate surface area is 85.3 Å². The van der Waals surface area contributed by atoms with Crippen LogP contribution in [0, 0.1) is 0 Å². The van der Waals surface area contributed by atoms with Crippen LogP contribution in [0.1, 0.15) is 0 Å². The molecule has 7 heteroatoms. The highest BCUT2D eigenvalue weighted by Crippen LogP contribution is 2.34. The van der Waals surface area contributed by atoms with Gasteiger partial charge < -0.3 is 14.9 Å². The lowest BCUT2D eigenvalue weighted by Crippen LogP contribution is -2.43. The van der Waals surface area contributed by atoms with E-state index in [-0.39, 0.29) is 0 Å². The van der Waals surface area contributed by atoms with E-state index >= 15 is 0 Å². The smallest absolute Gasteiger partial charge is 0.312 e. The fourth-order valence-electron chi connectivity index (χ4n) is 1.30. The van der Waals surface area contributed by atoms with Gasteiger partial charge in [0.25, 0.3) is 0 Å². The number of aliphatic hydroxyl groups excluding tert-OH is 2. The summed E-state index contributed by atoms with van der Waals surface area (Å²) in [5.74, 6) is 0. The quantitative estimate of drug-likeness (QED) is 0.503. The Bertz CT molecular complexity index is 302. The second-order valence-electron chi connectivity index (χ2n) is 3.10. The normalized spacial score (nSPS) is 39.9. The number of aliphatic hydroxyl groups is 2. The molecule has 3 nitrogen and oxygen atoms in total. The molecule has 1 heterocycles. The number of alkyl halides is 1. The highest BCUT2D eigenvalue weighted by atomic mass is 19.3. The minimum atomic E-state index is -2.67. The Kier molecular flexibility index (Phi) is 3.62. The summed E-state index contributed by atoms with van der Waals surface area (Å²) in [6.07, 6.45) is -4.96. The van der Waals surface area contributed by atoms with E-state index in [1.165, 1.54) is 5.73 Å². The Morgan fingerprint density at radius 2 is 2.20 bits per heavy atom. The monoisotopic (exact) mass is 220 g/mol. The summed E-state index contributed by atoms with van der Waals surface area (Å²) in [4.78, 5) is 0. The van der Waals surface area contributed by atoms with Crippen LogP contribution in [-0.4, -0.2) is 48.5 Å². The van der Waals surface area contributed by atoms with Crippen molar-refractivity contribution >= 4 is 7.85 Å². The zero-order valence-corrected chi connectivity index (χ0v) is 7.53. The second-order valence-corrected chi connectivity index (χ2v) is 3.10. The summed E-state index contributed by atoms with van der Waals surface area (Å²) in [5, 5.41) is 18.0. The van der Waals surface area contributed by atoms with Crippen LogP contribution in [0.4, 0.5) is 13.2 Å². The van der Waals surface area contributed by atoms with E-state index < -0.39 is 36.6 Å². The number of hydrogen-bond acceptors (Lipinski definition) is 3. The Morgan fingerprint density at radius 1 is 1.60 bits per heavy atom. The molecule has 4 atom stereocenters. The van der Waals surface area contributed by atoms with E-state index in [0.29, 0.717) is 6.08 Å². The summed E-state index contributed by atoms with van der Waals surface area (Å²) in [6.45, 7) is -0.657. The molecule has 2 radical (unpaired) electrons. The number of halogens is 3. The molecule has 0 aromatic carbocycles. The van der Waals surface area contributed by atoms with Gasteiger partial charge in [0.1, 0.15) is 20.1 Å². The van der Waals surface area contributed by atoms with Crippen molar-refractivity contribution < 1.29 is 28.1 Å². The van der Waals surface area contributed by atoms with Crippen LogP contribution >= 0.6 is 0 Å². The zero-order chi connectivity index (χ0) is 11.6. The van der Waals surface area contributed by atoms with E-state index in [2.05, 4.69) is 4.74 Å². The van der Waals surface area contributed by atoms with Crippen molar-refractivity contribution in [1.29, 1.82) is 0 Å². The molecule has 0 aliphatic carbocycles. The second kappa shape index (κ2) is 4.41. The molecule has 82 valence electrons. The van der Waals surface area contributed by atoms with Gasteiger partial charge in [-0.3, -0.25) is 0 Å². The van der Waals surface area contributed by atoms with E-state index in [1.54, 1.807) is 0 Å². The van der Waals surface area contributed by atoms with Gasteiger partial charge in [-0.05, 0) is 0 Å². The van der Waals surface area contributed by atoms with Gasteiger partial charge in [-0.2, -0.15) is 8.78 Å². The van der Waals surface area contributed by atoms with Gasteiger partial charge in [0.05, 0.1) is 12.6 Å². The van der Waals surface area contributed by atoms with Crippen LogP contribution in [-0.2, 0) is 4.74 Å². The molecule has 2 N–H and O–H groups in total. The first-order chi connectivity index (χ1) is 6.91. The molecule has 0 bridgehead atoms. The van der Waals surface area contributed by atoms with Gasteiger partial charge in [-0.15, -0.1) is 0 Å². The van der Waals surface area contributed by atoms with Crippen LogP contribution in [0.5, 0.6) is 0 Å². The molecular weight excluding hydrogens is 212 g/mol. The minimum Gasteiger partial charge on any atom is -0.394 e. The first-order valence-electron chi connectivity index (χ1n) is 4.09. The van der Waals surface area contributed by atoms with Crippen molar-refractivity contribution in [2.24, 2.45) is 0 Å². The van der Waals surface area contributed by atoms with Crippen LogP contribution in [0.25, 0.3) is 0 Å². The third kappa shape index (κ3) is 2.26. The summed E-state index contributed by atoms with van der Waals surface area (Å²) < 4.78 is 41.8. The lowest BCUT2D eigenvalue weighted by atomic mass is 9.82. The predicted octanol–water partition coefficient (Wildman–Crippen LogP) is -0.123. The number of ether oxygens (including phenoxy) is 1. The molecule has 1 fully saturated rings. The SMILES string of the molecule is [B][C@@H]1O[C@H](CO)[C@H](O)C1(F)C=C=C(F)F. The maximum absolute atomic E-state index is 13.8. The summed E-state index contributed by atoms with van der Waals surface area (Å²) in [5.41, 5.74) is -1.35. The molecule has 0 aromatic heterocycles. The average Bonchev–Trinajstić information content (AvgIpc) is 2.40. The maximum atomic E-state index is 13.8. The largest absolute Gasteiger partial charge is 0.394 e. The molecule has 0 saturated carbocycles. The fraction of sp³-hybridized carbons (Fsp3) is 0.625. The van der Waals surface area contributed by atoms with Crippen LogP contribution in [0.2, 0.25) is 0 Å². The van der Waals surface area contributed by atoms with E-state index in [9.17, 15) is 18.3 Å². The Hall–Kier alpha value is -0.745. The molecule has 15 heavy (non-hydrogen) atoms. The molecule has 0 aromatic rings. The molecular formula is C8H8BF3O3. The third-order valence-electron chi connectivity index (χ3n) is 2.15. The van der Waals surface area contributed by atoms with Gasteiger partial charge in [-0.25, -0.2) is 4.39 Å². The van der Waals surface area contributed by atoms with Crippen molar-refractivity contribution in [3.05, 3.63) is 17.9 Å². The van der Waals surface area contributed by atoms with Gasteiger partial charge in [0.2, 0.25) is 0 Å². The van der Waals surface area contributed by atoms with Gasteiger partial charge in [0.15, 0.2) is 5.67 Å². The van der Waals surface area contributed by atoms with Crippen LogP contribution in [0.3, 0.4) is 0 Å². The fourth-order valence-corrected chi connectivity index (χ4v) is 1.30. The highest BCUT2D eigenvalue weighted by Gasteiger charge is 2.53. The van der Waals surface area contributed by atoms with E-state index in [0.717, 1.165) is 0 Å². The van der Waals surface area contributed by atoms with E-state index in [1.807, 2.05) is 0 Å².